The van der Waals surface area contributed by atoms with Crippen molar-refractivity contribution >= 4 is 17.9 Å². The third kappa shape index (κ3) is 3.22. The fourth-order valence-electron chi connectivity index (χ4n) is 2.76. The van der Waals surface area contributed by atoms with Gasteiger partial charge in [0.05, 0.1) is 12.0 Å². The van der Waals surface area contributed by atoms with Crippen molar-refractivity contribution in [2.75, 3.05) is 14.1 Å². The van der Waals surface area contributed by atoms with Gasteiger partial charge in [-0.25, -0.2) is 4.99 Å². The summed E-state index contributed by atoms with van der Waals surface area (Å²) in [7, 11) is 3.75. The number of allylic oxidation sites excluding steroid dienone is 1. The Labute approximate surface area is 120 Å². The molecule has 1 fully saturated rings. The Balaban J connectivity index is 0.000000452. The average molecular weight is 275 g/mol. The maximum Gasteiger partial charge on any atom is 0.141 e. The van der Waals surface area contributed by atoms with Crippen LogP contribution in [-0.2, 0) is 0 Å². The number of aromatic nitrogens is 1. The van der Waals surface area contributed by atoms with E-state index in [-0.39, 0.29) is 0 Å². The van der Waals surface area contributed by atoms with Gasteiger partial charge in [-0.2, -0.15) is 0 Å². The number of nitrogens with zero attached hydrogens (tertiary/aromatic N) is 1. The van der Waals surface area contributed by atoms with Crippen LogP contribution in [0.4, 0.5) is 5.82 Å². The molecule has 20 heavy (non-hydrogen) atoms. The van der Waals surface area contributed by atoms with Crippen LogP contribution in [0.2, 0.25) is 0 Å². The normalized spacial score (nSPS) is 20.5. The van der Waals surface area contributed by atoms with Crippen LogP contribution in [-0.4, -0.2) is 25.4 Å². The number of nitrogens with one attached hydrogen (secondary N) is 3. The summed E-state index contributed by atoms with van der Waals surface area (Å²) in [6.07, 6.45) is 10.00. The molecule has 0 amide bonds. The molecular formula is C15H25N5. The Hall–Kier alpha value is -1.75. The number of aromatic amines is 1. The van der Waals surface area contributed by atoms with Gasteiger partial charge >= 0.3 is 0 Å². The van der Waals surface area contributed by atoms with Crippen LogP contribution in [0.25, 0.3) is 5.70 Å². The predicted molar refractivity (Wildman–Crippen MR) is 84.7 cm³/mol. The van der Waals surface area contributed by atoms with Crippen molar-refractivity contribution in [2.24, 2.45) is 16.6 Å². The molecule has 0 radical (unpaired) electrons. The van der Waals surface area contributed by atoms with Crippen LogP contribution in [0.1, 0.15) is 37.7 Å². The molecule has 0 aromatic carbocycles. The van der Waals surface area contributed by atoms with Crippen LogP contribution >= 0.6 is 0 Å². The molecule has 0 atom stereocenters. The minimum Gasteiger partial charge on any atom is -0.400 e. The van der Waals surface area contributed by atoms with E-state index in [0.717, 1.165) is 22.8 Å². The van der Waals surface area contributed by atoms with Gasteiger partial charge < -0.3 is 21.4 Å². The van der Waals surface area contributed by atoms with E-state index in [4.69, 9.17) is 5.73 Å². The standard InChI is InChI=1S/C13H18N4.C2H7N/c14-11(9-4-2-1-3-5-9)12-10-6-7-15-13(10)17-8-16-12;1-3-2/h6-9,15H,1-5,14H2,(H,16,17);3H,1-2H3/b12-11-;. The number of hydrogen-bond donors (Lipinski definition) is 4. The molecule has 0 saturated heterocycles. The molecule has 1 aromatic heterocycles. The lowest BCUT2D eigenvalue weighted by Gasteiger charge is -2.25. The third-order valence-electron chi connectivity index (χ3n) is 3.73. The van der Waals surface area contributed by atoms with E-state index in [2.05, 4.69) is 20.6 Å². The van der Waals surface area contributed by atoms with E-state index < -0.39 is 0 Å². The quantitative estimate of drug-likeness (QED) is 0.635. The fourth-order valence-corrected chi connectivity index (χ4v) is 2.76. The molecule has 2 heterocycles. The van der Waals surface area contributed by atoms with E-state index in [1.54, 1.807) is 6.34 Å². The highest BCUT2D eigenvalue weighted by atomic mass is 15.0. The van der Waals surface area contributed by atoms with E-state index in [9.17, 15) is 0 Å². The van der Waals surface area contributed by atoms with Crippen molar-refractivity contribution in [3.8, 4) is 0 Å². The Kier molecular flexibility index (Phi) is 5.24. The monoisotopic (exact) mass is 275 g/mol. The highest BCUT2D eigenvalue weighted by Gasteiger charge is 2.22. The van der Waals surface area contributed by atoms with Gasteiger partial charge in [0.15, 0.2) is 0 Å². The molecule has 2 aliphatic rings. The summed E-state index contributed by atoms with van der Waals surface area (Å²) in [5.41, 5.74) is 9.47. The van der Waals surface area contributed by atoms with Crippen molar-refractivity contribution in [3.05, 3.63) is 23.5 Å². The Morgan fingerprint density at radius 1 is 1.30 bits per heavy atom. The fraction of sp³-hybridized carbons (Fsp3) is 0.533. The zero-order chi connectivity index (χ0) is 14.4. The maximum atomic E-state index is 6.34. The second kappa shape index (κ2) is 7.14. The minimum atomic E-state index is 0.528. The topological polar surface area (TPSA) is 78.2 Å². The lowest BCUT2D eigenvalue weighted by molar-refractivity contribution is 0.400. The van der Waals surface area contributed by atoms with Gasteiger partial charge in [-0.05, 0) is 33.0 Å². The van der Waals surface area contributed by atoms with Crippen molar-refractivity contribution in [2.45, 2.75) is 32.1 Å². The maximum absolute atomic E-state index is 6.34. The first-order valence-electron chi connectivity index (χ1n) is 7.33. The lowest BCUT2D eigenvalue weighted by atomic mass is 9.85. The van der Waals surface area contributed by atoms with Crippen molar-refractivity contribution in [1.29, 1.82) is 0 Å². The van der Waals surface area contributed by atoms with E-state index in [1.807, 2.05) is 26.4 Å². The second-order valence-corrected chi connectivity index (χ2v) is 5.31. The summed E-state index contributed by atoms with van der Waals surface area (Å²) >= 11 is 0. The number of aliphatic imine (C=N–C) groups is 1. The van der Waals surface area contributed by atoms with Crippen molar-refractivity contribution < 1.29 is 0 Å². The lowest BCUT2D eigenvalue weighted by Crippen LogP contribution is -2.24. The summed E-state index contributed by atoms with van der Waals surface area (Å²) in [5, 5.41) is 5.95. The molecule has 1 aromatic rings. The molecular weight excluding hydrogens is 250 g/mol. The average Bonchev–Trinajstić information content (AvgIpc) is 2.96. The van der Waals surface area contributed by atoms with E-state index in [0.29, 0.717) is 5.92 Å². The summed E-state index contributed by atoms with van der Waals surface area (Å²) in [6, 6.07) is 2.03. The van der Waals surface area contributed by atoms with Gasteiger partial charge in [0.2, 0.25) is 0 Å². The van der Waals surface area contributed by atoms with Crippen LogP contribution in [0.3, 0.4) is 0 Å². The van der Waals surface area contributed by atoms with Crippen LogP contribution in [0, 0.1) is 5.92 Å². The van der Waals surface area contributed by atoms with Gasteiger partial charge in [0.25, 0.3) is 0 Å². The number of fused-ring (bicyclic) bond motifs is 1. The molecule has 5 heteroatoms. The SMILES string of the molecule is CNC.N/C(=C1\NC=Nc2[nH]ccc21)C1CCCCC1. The molecule has 1 saturated carbocycles. The Morgan fingerprint density at radius 3 is 2.70 bits per heavy atom. The van der Waals surface area contributed by atoms with Gasteiger partial charge in [0, 0.05) is 23.4 Å². The predicted octanol–water partition coefficient (Wildman–Crippen LogP) is 2.32. The largest absolute Gasteiger partial charge is 0.400 e. The number of hydrogen-bond acceptors (Lipinski definition) is 4. The van der Waals surface area contributed by atoms with Crippen molar-refractivity contribution in [1.82, 2.24) is 15.6 Å². The first-order chi connectivity index (χ1) is 9.77. The highest BCUT2D eigenvalue weighted by molar-refractivity contribution is 5.87. The molecule has 5 nitrogen and oxygen atoms in total. The van der Waals surface area contributed by atoms with Crippen molar-refractivity contribution in [3.63, 3.8) is 0 Å². The van der Waals surface area contributed by atoms with E-state index in [1.165, 1.54) is 32.1 Å². The third-order valence-corrected chi connectivity index (χ3v) is 3.73. The summed E-state index contributed by atoms with van der Waals surface area (Å²) in [5.74, 6) is 1.43. The zero-order valence-electron chi connectivity index (χ0n) is 12.4. The van der Waals surface area contributed by atoms with Crippen LogP contribution in [0.15, 0.2) is 23.0 Å². The molecule has 0 unspecified atom stereocenters. The minimum absolute atomic E-state index is 0.528. The summed E-state index contributed by atoms with van der Waals surface area (Å²) < 4.78 is 0. The number of nitrogens with two attached hydrogens (primary N) is 1. The van der Waals surface area contributed by atoms with Crippen LogP contribution in [0.5, 0.6) is 0 Å². The van der Waals surface area contributed by atoms with E-state index >= 15 is 0 Å². The highest BCUT2D eigenvalue weighted by Crippen LogP contribution is 2.33. The Bertz CT molecular complexity index is 480. The Morgan fingerprint density at radius 2 is 2.00 bits per heavy atom. The molecule has 3 rings (SSSR count). The number of rotatable bonds is 1. The summed E-state index contributed by atoms with van der Waals surface area (Å²) in [4.78, 5) is 7.37. The molecule has 110 valence electrons. The smallest absolute Gasteiger partial charge is 0.141 e. The molecule has 1 aliphatic carbocycles. The first-order valence-corrected chi connectivity index (χ1v) is 7.33. The van der Waals surface area contributed by atoms with Crippen LogP contribution < -0.4 is 16.4 Å². The summed E-state index contributed by atoms with van der Waals surface area (Å²) in [6.45, 7) is 0. The van der Waals surface area contributed by atoms with Gasteiger partial charge in [0.1, 0.15) is 5.82 Å². The van der Waals surface area contributed by atoms with Gasteiger partial charge in [-0.15, -0.1) is 0 Å². The molecule has 0 spiro atoms. The first kappa shape index (κ1) is 14.7. The molecule has 0 bridgehead atoms. The second-order valence-electron chi connectivity index (χ2n) is 5.31. The molecule has 5 N–H and O–H groups in total. The molecule has 1 aliphatic heterocycles. The van der Waals surface area contributed by atoms with Gasteiger partial charge in [-0.1, -0.05) is 19.3 Å². The zero-order valence-corrected chi connectivity index (χ0v) is 12.4. The number of H-pyrrole nitrogens is 1. The van der Waals surface area contributed by atoms with Gasteiger partial charge in [-0.3, -0.25) is 0 Å².